The molecule has 0 spiro atoms. The summed E-state index contributed by atoms with van der Waals surface area (Å²) in [6.07, 6.45) is 0. The van der Waals surface area contributed by atoms with E-state index in [0.29, 0.717) is 21.9 Å². The molecule has 172 valence electrons. The largest absolute Gasteiger partial charge is 0.478 e. The van der Waals surface area contributed by atoms with Gasteiger partial charge >= 0.3 is 23.9 Å². The second-order valence-corrected chi connectivity index (χ2v) is 6.73. The normalized spacial score (nSPS) is 9.53. The number of rotatable bonds is 4. The summed E-state index contributed by atoms with van der Waals surface area (Å²) in [7, 11) is 0. The van der Waals surface area contributed by atoms with Crippen molar-refractivity contribution in [1.29, 1.82) is 0 Å². The van der Waals surface area contributed by atoms with Gasteiger partial charge in [-0.05, 0) is 59.3 Å². The van der Waals surface area contributed by atoms with Gasteiger partial charge in [-0.2, -0.15) is 0 Å². The zero-order valence-corrected chi connectivity index (χ0v) is 17.7. The average Bonchev–Trinajstić information content (AvgIpc) is 2.85. The summed E-state index contributed by atoms with van der Waals surface area (Å²) in [4.78, 5) is 41.9. The van der Waals surface area contributed by atoms with Gasteiger partial charge in [0.05, 0.1) is 22.3 Å². The van der Waals surface area contributed by atoms with Crippen molar-refractivity contribution in [3.8, 4) is 0 Å². The molecule has 0 aliphatic rings. The molecule has 0 heterocycles. The Morgan fingerprint density at radius 3 is 0.912 bits per heavy atom. The average molecular weight is 460 g/mol. The number of benzene rings is 4. The monoisotopic (exact) mass is 460 g/mol. The quantitative estimate of drug-likeness (QED) is 0.332. The Kier molecular flexibility index (Phi) is 9.04. The smallest absolute Gasteiger partial charge is 0.335 e. The second kappa shape index (κ2) is 12.2. The first-order valence-electron chi connectivity index (χ1n) is 9.76. The molecular formula is C26H20O8. The summed E-state index contributed by atoms with van der Waals surface area (Å²) in [6.45, 7) is 0. The van der Waals surface area contributed by atoms with Gasteiger partial charge in [0.15, 0.2) is 0 Å². The van der Waals surface area contributed by atoms with Crippen molar-refractivity contribution in [3.63, 3.8) is 0 Å². The van der Waals surface area contributed by atoms with Crippen LogP contribution in [0.4, 0.5) is 0 Å². The van der Waals surface area contributed by atoms with E-state index in [1.807, 2.05) is 0 Å². The lowest BCUT2D eigenvalue weighted by molar-refractivity contribution is 0.0686. The predicted octanol–water partition coefficient (Wildman–Crippen LogP) is 5.01. The molecule has 0 unspecified atom stereocenters. The number of hydrogen-bond acceptors (Lipinski definition) is 4. The summed E-state index contributed by atoms with van der Waals surface area (Å²) in [5.41, 5.74) is 1.04. The fourth-order valence-corrected chi connectivity index (χ4v) is 2.67. The number of hydrogen-bond donors (Lipinski definition) is 4. The maximum atomic E-state index is 10.7. The van der Waals surface area contributed by atoms with Crippen molar-refractivity contribution in [1.82, 2.24) is 0 Å². The Morgan fingerprint density at radius 1 is 0.382 bits per heavy atom. The third kappa shape index (κ3) is 7.61. The Hall–Kier alpha value is -4.98. The maximum Gasteiger partial charge on any atom is 0.335 e. The molecule has 0 fully saturated rings. The molecule has 0 atom stereocenters. The van der Waals surface area contributed by atoms with Crippen LogP contribution in [0.3, 0.4) is 0 Å². The fourth-order valence-electron chi connectivity index (χ4n) is 2.67. The van der Waals surface area contributed by atoms with Crippen LogP contribution in [-0.4, -0.2) is 44.3 Å². The molecule has 0 amide bonds. The SMILES string of the molecule is O=C(O)c1ccc2cc(C(=O)O)ccc2c1.O=C(O)c1ccccc1.O=C(O)c1ccccc1. The molecule has 4 aromatic rings. The summed E-state index contributed by atoms with van der Waals surface area (Å²) in [5.74, 6) is -3.75. The molecular weight excluding hydrogens is 440 g/mol. The molecule has 8 heteroatoms. The lowest BCUT2D eigenvalue weighted by atomic mass is 10.0. The van der Waals surface area contributed by atoms with E-state index in [1.54, 1.807) is 72.8 Å². The van der Waals surface area contributed by atoms with E-state index < -0.39 is 23.9 Å². The zero-order valence-electron chi connectivity index (χ0n) is 17.7. The summed E-state index contributed by atoms with van der Waals surface area (Å²) >= 11 is 0. The molecule has 0 aliphatic carbocycles. The number of fused-ring (bicyclic) bond motifs is 1. The lowest BCUT2D eigenvalue weighted by Gasteiger charge is -2.01. The summed E-state index contributed by atoms with van der Waals surface area (Å²) in [6, 6.07) is 25.7. The summed E-state index contributed by atoms with van der Waals surface area (Å²) in [5, 5.41) is 35.8. The van der Waals surface area contributed by atoms with E-state index in [9.17, 15) is 19.2 Å². The van der Waals surface area contributed by atoms with Crippen molar-refractivity contribution in [2.45, 2.75) is 0 Å². The van der Waals surface area contributed by atoms with E-state index >= 15 is 0 Å². The van der Waals surface area contributed by atoms with Crippen LogP contribution in [0.25, 0.3) is 10.8 Å². The van der Waals surface area contributed by atoms with Crippen LogP contribution in [0.1, 0.15) is 41.4 Å². The van der Waals surface area contributed by atoms with Crippen LogP contribution in [0.5, 0.6) is 0 Å². The van der Waals surface area contributed by atoms with Gasteiger partial charge in [-0.1, -0.05) is 48.5 Å². The van der Waals surface area contributed by atoms with Crippen molar-refractivity contribution in [2.24, 2.45) is 0 Å². The highest BCUT2D eigenvalue weighted by atomic mass is 16.4. The highest BCUT2D eigenvalue weighted by Crippen LogP contribution is 2.18. The number of carboxylic acids is 4. The van der Waals surface area contributed by atoms with Gasteiger partial charge in [0.2, 0.25) is 0 Å². The van der Waals surface area contributed by atoms with Crippen LogP contribution >= 0.6 is 0 Å². The number of aromatic carboxylic acids is 4. The van der Waals surface area contributed by atoms with Crippen molar-refractivity contribution in [2.75, 3.05) is 0 Å². The minimum absolute atomic E-state index is 0.190. The third-order valence-corrected chi connectivity index (χ3v) is 4.38. The fraction of sp³-hybridized carbons (Fsp3) is 0. The minimum Gasteiger partial charge on any atom is -0.478 e. The van der Waals surface area contributed by atoms with E-state index in [0.717, 1.165) is 0 Å². The zero-order chi connectivity index (χ0) is 25.1. The standard InChI is InChI=1S/C12H8O4.2C7H6O2/c13-11(14)9-3-1-7-5-10(12(15)16)4-2-8(7)6-9;2*8-7(9)6-4-2-1-3-5-6/h1-6H,(H,13,14)(H,15,16);2*1-5H,(H,8,9). The first kappa shape index (κ1) is 25.3. The van der Waals surface area contributed by atoms with E-state index in [4.69, 9.17) is 20.4 Å². The first-order valence-corrected chi connectivity index (χ1v) is 9.76. The predicted molar refractivity (Wildman–Crippen MR) is 125 cm³/mol. The van der Waals surface area contributed by atoms with E-state index in [1.165, 1.54) is 24.3 Å². The highest BCUT2D eigenvalue weighted by molar-refractivity contribution is 5.98. The molecule has 34 heavy (non-hydrogen) atoms. The van der Waals surface area contributed by atoms with Crippen molar-refractivity contribution in [3.05, 3.63) is 119 Å². The highest BCUT2D eigenvalue weighted by Gasteiger charge is 2.06. The van der Waals surface area contributed by atoms with Gasteiger partial charge in [-0.15, -0.1) is 0 Å². The van der Waals surface area contributed by atoms with Gasteiger partial charge in [0.25, 0.3) is 0 Å². The Bertz CT molecular complexity index is 1200. The Balaban J connectivity index is 0.000000194. The topological polar surface area (TPSA) is 149 Å². The molecule has 0 aromatic heterocycles. The molecule has 0 saturated heterocycles. The number of carbonyl (C=O) groups is 4. The van der Waals surface area contributed by atoms with Gasteiger partial charge in [0, 0.05) is 0 Å². The van der Waals surface area contributed by atoms with Crippen molar-refractivity contribution >= 4 is 34.6 Å². The van der Waals surface area contributed by atoms with Crippen LogP contribution < -0.4 is 0 Å². The molecule has 0 aliphatic heterocycles. The third-order valence-electron chi connectivity index (χ3n) is 4.38. The van der Waals surface area contributed by atoms with Crippen molar-refractivity contribution < 1.29 is 39.6 Å². The van der Waals surface area contributed by atoms with Crippen LogP contribution in [0.2, 0.25) is 0 Å². The van der Waals surface area contributed by atoms with E-state index in [2.05, 4.69) is 0 Å². The van der Waals surface area contributed by atoms with E-state index in [-0.39, 0.29) is 11.1 Å². The minimum atomic E-state index is -0.996. The van der Waals surface area contributed by atoms with Gasteiger partial charge in [-0.25, -0.2) is 19.2 Å². The molecule has 4 aromatic carbocycles. The first-order chi connectivity index (χ1) is 16.2. The molecule has 0 bridgehead atoms. The molecule has 4 N–H and O–H groups in total. The Morgan fingerprint density at radius 2 is 0.676 bits per heavy atom. The molecule has 0 radical (unpaired) electrons. The second-order valence-electron chi connectivity index (χ2n) is 6.73. The van der Waals surface area contributed by atoms with Crippen LogP contribution in [0.15, 0.2) is 97.1 Å². The number of carboxylic acid groups (broad SMARTS) is 4. The van der Waals surface area contributed by atoms with Gasteiger partial charge in [0.1, 0.15) is 0 Å². The maximum absolute atomic E-state index is 10.7. The molecule has 8 nitrogen and oxygen atoms in total. The van der Waals surface area contributed by atoms with Crippen LogP contribution in [0, 0.1) is 0 Å². The molecule has 4 rings (SSSR count). The lowest BCUT2D eigenvalue weighted by Crippen LogP contribution is -1.97. The Labute approximate surface area is 194 Å². The molecule has 0 saturated carbocycles. The van der Waals surface area contributed by atoms with Crippen LogP contribution in [-0.2, 0) is 0 Å². The van der Waals surface area contributed by atoms with Gasteiger partial charge in [-0.3, -0.25) is 0 Å². The van der Waals surface area contributed by atoms with Gasteiger partial charge < -0.3 is 20.4 Å². The summed E-state index contributed by atoms with van der Waals surface area (Å²) < 4.78 is 0.